The molecule has 2 rings (SSSR count). The molecule has 28 heavy (non-hydrogen) atoms. The van der Waals surface area contributed by atoms with E-state index in [1.807, 2.05) is 45.0 Å². The molecule has 150 valence electrons. The second-order valence-electron chi connectivity index (χ2n) is 6.97. The highest BCUT2D eigenvalue weighted by Crippen LogP contribution is 2.16. The first-order chi connectivity index (χ1) is 13.5. The highest BCUT2D eigenvalue weighted by molar-refractivity contribution is 5.88. The van der Waals surface area contributed by atoms with Crippen molar-refractivity contribution < 1.29 is 14.0 Å². The fraction of sp³-hybridized carbons (Fsp3) is 0.391. The van der Waals surface area contributed by atoms with Gasteiger partial charge in [0.05, 0.1) is 6.42 Å². The smallest absolute Gasteiger partial charge is 0.242 e. The molecule has 5 heteroatoms. The molecule has 0 aliphatic rings. The third-order valence-corrected chi connectivity index (χ3v) is 4.80. The van der Waals surface area contributed by atoms with Crippen molar-refractivity contribution in [3.05, 3.63) is 71.0 Å². The summed E-state index contributed by atoms with van der Waals surface area (Å²) >= 11 is 0. The summed E-state index contributed by atoms with van der Waals surface area (Å²) in [5.74, 6) is -0.587. The van der Waals surface area contributed by atoms with Crippen LogP contribution in [0.4, 0.5) is 4.39 Å². The number of rotatable bonds is 9. The van der Waals surface area contributed by atoms with Crippen LogP contribution < -0.4 is 5.32 Å². The lowest BCUT2D eigenvalue weighted by Crippen LogP contribution is -2.49. The van der Waals surface area contributed by atoms with Gasteiger partial charge in [0.15, 0.2) is 0 Å². The van der Waals surface area contributed by atoms with Crippen molar-refractivity contribution in [1.82, 2.24) is 10.2 Å². The van der Waals surface area contributed by atoms with Crippen LogP contribution in [-0.4, -0.2) is 29.3 Å². The Morgan fingerprint density at radius 2 is 1.75 bits per heavy atom. The fourth-order valence-electron chi connectivity index (χ4n) is 3.14. The van der Waals surface area contributed by atoms with E-state index in [0.717, 1.165) is 23.1 Å². The van der Waals surface area contributed by atoms with Gasteiger partial charge in [-0.2, -0.15) is 0 Å². The summed E-state index contributed by atoms with van der Waals surface area (Å²) in [6.07, 6.45) is 1.57. The standard InChI is InChI=1S/C23H29FN2O2/c1-4-14-25-23(28)21(5-2)26(16-18-10-12-20(24)13-11-18)22(27)15-19-9-7-6-8-17(19)3/h6-13,21H,4-5,14-16H2,1-3H3,(H,25,28)/t21-/m1/s1. The molecule has 0 unspecified atom stereocenters. The zero-order valence-corrected chi connectivity index (χ0v) is 16.9. The molecule has 0 saturated heterocycles. The monoisotopic (exact) mass is 384 g/mol. The van der Waals surface area contributed by atoms with Gasteiger partial charge in [-0.15, -0.1) is 0 Å². The molecule has 0 fully saturated rings. The van der Waals surface area contributed by atoms with Crippen molar-refractivity contribution in [2.75, 3.05) is 6.54 Å². The lowest BCUT2D eigenvalue weighted by molar-refractivity contribution is -0.140. The topological polar surface area (TPSA) is 49.4 Å². The maximum absolute atomic E-state index is 13.3. The van der Waals surface area contributed by atoms with Gasteiger partial charge in [-0.3, -0.25) is 9.59 Å². The van der Waals surface area contributed by atoms with Crippen LogP contribution in [0.2, 0.25) is 0 Å². The van der Waals surface area contributed by atoms with Crippen LogP contribution in [0, 0.1) is 12.7 Å². The molecule has 2 aromatic carbocycles. The maximum Gasteiger partial charge on any atom is 0.242 e. The number of nitrogens with one attached hydrogen (secondary N) is 1. The third-order valence-electron chi connectivity index (χ3n) is 4.80. The molecular formula is C23H29FN2O2. The number of aryl methyl sites for hydroxylation is 1. The van der Waals surface area contributed by atoms with Gasteiger partial charge >= 0.3 is 0 Å². The molecule has 0 bridgehead atoms. The molecule has 0 aliphatic heterocycles. The Balaban J connectivity index is 2.27. The average Bonchev–Trinajstić information content (AvgIpc) is 2.69. The predicted octanol–water partition coefficient (Wildman–Crippen LogP) is 4.01. The summed E-state index contributed by atoms with van der Waals surface area (Å²) in [5.41, 5.74) is 2.78. The van der Waals surface area contributed by atoms with Crippen molar-refractivity contribution in [3.8, 4) is 0 Å². The Kier molecular flexibility index (Phi) is 8.18. The van der Waals surface area contributed by atoms with Crippen molar-refractivity contribution in [2.45, 2.75) is 52.6 Å². The normalized spacial score (nSPS) is 11.7. The minimum absolute atomic E-state index is 0.114. The number of hydrogen-bond acceptors (Lipinski definition) is 2. The summed E-state index contributed by atoms with van der Waals surface area (Å²) in [4.78, 5) is 27.5. The first-order valence-corrected chi connectivity index (χ1v) is 9.82. The summed E-state index contributed by atoms with van der Waals surface area (Å²) < 4.78 is 13.3. The van der Waals surface area contributed by atoms with E-state index in [2.05, 4.69) is 5.32 Å². The molecule has 0 radical (unpaired) electrons. The first-order valence-electron chi connectivity index (χ1n) is 9.82. The fourth-order valence-corrected chi connectivity index (χ4v) is 3.14. The van der Waals surface area contributed by atoms with E-state index in [9.17, 15) is 14.0 Å². The molecule has 0 heterocycles. The maximum atomic E-state index is 13.3. The molecular weight excluding hydrogens is 355 g/mol. The van der Waals surface area contributed by atoms with Crippen LogP contribution in [0.15, 0.2) is 48.5 Å². The highest BCUT2D eigenvalue weighted by Gasteiger charge is 2.28. The van der Waals surface area contributed by atoms with Crippen molar-refractivity contribution in [2.24, 2.45) is 0 Å². The Labute approximate surface area is 166 Å². The molecule has 2 aromatic rings. The minimum Gasteiger partial charge on any atom is -0.354 e. The molecule has 1 N–H and O–H groups in total. The first kappa shape index (κ1) is 21.6. The minimum atomic E-state index is -0.562. The second kappa shape index (κ2) is 10.6. The Morgan fingerprint density at radius 3 is 2.36 bits per heavy atom. The molecule has 2 amide bonds. The quantitative estimate of drug-likeness (QED) is 0.710. The number of carbonyl (C=O) groups is 2. The zero-order chi connectivity index (χ0) is 20.5. The van der Waals surface area contributed by atoms with Crippen molar-refractivity contribution in [1.29, 1.82) is 0 Å². The third kappa shape index (κ3) is 5.91. The van der Waals surface area contributed by atoms with Gasteiger partial charge in [-0.05, 0) is 48.6 Å². The lowest BCUT2D eigenvalue weighted by atomic mass is 10.0. The SMILES string of the molecule is CCCNC(=O)[C@@H](CC)N(Cc1ccc(F)cc1)C(=O)Cc1ccccc1C. The molecule has 0 aromatic heterocycles. The van der Waals surface area contributed by atoms with E-state index in [4.69, 9.17) is 0 Å². The van der Waals surface area contributed by atoms with Gasteiger partial charge in [-0.1, -0.05) is 50.2 Å². The summed E-state index contributed by atoms with van der Waals surface area (Å²) in [6, 6.07) is 13.2. The van der Waals surface area contributed by atoms with Crippen LogP contribution in [0.5, 0.6) is 0 Å². The van der Waals surface area contributed by atoms with E-state index in [1.54, 1.807) is 17.0 Å². The van der Waals surface area contributed by atoms with Gasteiger partial charge in [0.2, 0.25) is 11.8 Å². The Hall–Kier alpha value is -2.69. The molecule has 4 nitrogen and oxygen atoms in total. The number of halogens is 1. The van der Waals surface area contributed by atoms with Gasteiger partial charge in [0.1, 0.15) is 11.9 Å². The molecule has 0 spiro atoms. The molecule has 0 aliphatic carbocycles. The summed E-state index contributed by atoms with van der Waals surface area (Å²) in [7, 11) is 0. The van der Waals surface area contributed by atoms with Gasteiger partial charge in [0, 0.05) is 13.1 Å². The van der Waals surface area contributed by atoms with E-state index in [1.165, 1.54) is 12.1 Å². The number of benzene rings is 2. The van der Waals surface area contributed by atoms with E-state index in [0.29, 0.717) is 13.0 Å². The van der Waals surface area contributed by atoms with Gasteiger partial charge in [0.25, 0.3) is 0 Å². The van der Waals surface area contributed by atoms with Gasteiger partial charge < -0.3 is 10.2 Å². The van der Waals surface area contributed by atoms with Crippen molar-refractivity contribution >= 4 is 11.8 Å². The molecule has 0 saturated carbocycles. The van der Waals surface area contributed by atoms with Crippen LogP contribution >= 0.6 is 0 Å². The Morgan fingerprint density at radius 1 is 1.07 bits per heavy atom. The summed E-state index contributed by atoms with van der Waals surface area (Å²) in [6.45, 7) is 6.70. The zero-order valence-electron chi connectivity index (χ0n) is 16.9. The number of nitrogens with zero attached hydrogens (tertiary/aromatic N) is 1. The predicted molar refractivity (Wildman–Crippen MR) is 109 cm³/mol. The highest BCUT2D eigenvalue weighted by atomic mass is 19.1. The average molecular weight is 384 g/mol. The van der Waals surface area contributed by atoms with Crippen LogP contribution in [-0.2, 0) is 22.6 Å². The number of amides is 2. The molecule has 1 atom stereocenters. The van der Waals surface area contributed by atoms with Crippen LogP contribution in [0.25, 0.3) is 0 Å². The van der Waals surface area contributed by atoms with Gasteiger partial charge in [-0.25, -0.2) is 4.39 Å². The second-order valence-corrected chi connectivity index (χ2v) is 6.97. The van der Waals surface area contributed by atoms with Crippen LogP contribution in [0.1, 0.15) is 43.4 Å². The lowest BCUT2D eigenvalue weighted by Gasteiger charge is -2.31. The number of carbonyl (C=O) groups excluding carboxylic acids is 2. The Bertz CT molecular complexity index is 789. The van der Waals surface area contributed by atoms with E-state index in [-0.39, 0.29) is 30.6 Å². The number of hydrogen-bond donors (Lipinski definition) is 1. The summed E-state index contributed by atoms with van der Waals surface area (Å²) in [5, 5.41) is 2.90. The van der Waals surface area contributed by atoms with E-state index < -0.39 is 6.04 Å². The van der Waals surface area contributed by atoms with E-state index >= 15 is 0 Å². The van der Waals surface area contributed by atoms with Crippen molar-refractivity contribution in [3.63, 3.8) is 0 Å². The largest absolute Gasteiger partial charge is 0.354 e. The van der Waals surface area contributed by atoms with Crippen LogP contribution in [0.3, 0.4) is 0 Å².